The van der Waals surface area contributed by atoms with Crippen LogP contribution in [0.4, 0.5) is 0 Å². The predicted molar refractivity (Wildman–Crippen MR) is 97.1 cm³/mol. The van der Waals surface area contributed by atoms with Crippen LogP contribution in [-0.2, 0) is 21.9 Å². The Hall–Kier alpha value is -1.59. The summed E-state index contributed by atoms with van der Waals surface area (Å²) in [6.45, 7) is 6.98. The van der Waals surface area contributed by atoms with Crippen LogP contribution in [-0.4, -0.2) is 4.11 Å². The Labute approximate surface area is 144 Å². The van der Waals surface area contributed by atoms with Gasteiger partial charge >= 0.3 is 144 Å². The van der Waals surface area contributed by atoms with Gasteiger partial charge in [0.05, 0.1) is 0 Å². The van der Waals surface area contributed by atoms with Crippen LogP contribution >= 0.6 is 0 Å². The van der Waals surface area contributed by atoms with Crippen LogP contribution in [0.25, 0.3) is 11.1 Å². The van der Waals surface area contributed by atoms with E-state index in [0.29, 0.717) is 0 Å². The third-order valence-corrected chi connectivity index (χ3v) is 14.5. The Kier molecular flexibility index (Phi) is 3.78. The summed E-state index contributed by atoms with van der Waals surface area (Å²) in [4.78, 5) is 0. The third kappa shape index (κ3) is 2.52. The third-order valence-electron chi connectivity index (χ3n) is 5.61. The molecule has 2 aromatic carbocycles. The maximum absolute atomic E-state index is 2.48. The summed E-state index contributed by atoms with van der Waals surface area (Å²) in [5.41, 5.74) is 7.53. The zero-order chi connectivity index (χ0) is 16.0. The molecule has 2 aliphatic rings. The van der Waals surface area contributed by atoms with Crippen molar-refractivity contribution >= 4 is 8.26 Å². The number of rotatable bonds is 2. The predicted octanol–water partition coefficient (Wildman–Crippen LogP) is 4.95. The molecule has 112 valence electrons. The van der Waals surface area contributed by atoms with Crippen molar-refractivity contribution in [2.45, 2.75) is 33.6 Å². The van der Waals surface area contributed by atoms with Crippen LogP contribution in [0.5, 0.6) is 0 Å². The van der Waals surface area contributed by atoms with E-state index in [9.17, 15) is 0 Å². The van der Waals surface area contributed by atoms with Crippen molar-refractivity contribution in [1.82, 2.24) is 0 Å². The van der Waals surface area contributed by atoms with Crippen molar-refractivity contribution in [1.29, 1.82) is 0 Å². The van der Waals surface area contributed by atoms with E-state index in [2.05, 4.69) is 75.4 Å². The zero-order valence-corrected chi connectivity index (χ0v) is 17.3. The van der Waals surface area contributed by atoms with Gasteiger partial charge in [0.15, 0.2) is 0 Å². The first-order chi connectivity index (χ1) is 11.1. The van der Waals surface area contributed by atoms with Crippen molar-refractivity contribution in [3.8, 4) is 11.1 Å². The van der Waals surface area contributed by atoms with Gasteiger partial charge < -0.3 is 0 Å². The Bertz CT molecular complexity index is 890. The molecule has 0 saturated carbocycles. The molecule has 0 heterocycles. The van der Waals surface area contributed by atoms with Crippen molar-refractivity contribution in [3.63, 3.8) is 0 Å². The fraction of sp³-hybridized carbons (Fsp3) is 0.227. The fourth-order valence-corrected chi connectivity index (χ4v) is 13.5. The van der Waals surface area contributed by atoms with Crippen molar-refractivity contribution in [3.05, 3.63) is 75.5 Å². The van der Waals surface area contributed by atoms with E-state index >= 15 is 0 Å². The van der Waals surface area contributed by atoms with Crippen molar-refractivity contribution < 1.29 is 15.5 Å². The second-order valence-electron chi connectivity index (χ2n) is 7.47. The molecular weight excluding hydrogens is 330 g/mol. The first-order valence-corrected chi connectivity index (χ1v) is 13.2. The molecule has 0 unspecified atom stereocenters. The second-order valence-corrected chi connectivity index (χ2v) is 16.2. The molecule has 0 radical (unpaired) electrons. The number of benzene rings is 2. The molecule has 23 heavy (non-hydrogen) atoms. The van der Waals surface area contributed by atoms with Gasteiger partial charge in [0.2, 0.25) is 0 Å². The molecule has 0 spiro atoms. The van der Waals surface area contributed by atoms with Crippen LogP contribution in [0, 0.1) is 0 Å². The van der Waals surface area contributed by atoms with E-state index in [0.717, 1.165) is 6.42 Å². The van der Waals surface area contributed by atoms with Gasteiger partial charge in [0.1, 0.15) is 0 Å². The molecule has 0 N–H and O–H groups in total. The maximum atomic E-state index is 2.48. The van der Waals surface area contributed by atoms with E-state index in [-0.39, 0.29) is 0 Å². The van der Waals surface area contributed by atoms with Gasteiger partial charge in [0.25, 0.3) is 0 Å². The molecule has 0 amide bonds. The van der Waals surface area contributed by atoms with Crippen molar-refractivity contribution in [2.75, 3.05) is 0 Å². The van der Waals surface area contributed by atoms with Gasteiger partial charge in [-0.2, -0.15) is 0 Å². The number of fused-ring (bicyclic) bond motifs is 3. The Morgan fingerprint density at radius 1 is 0.957 bits per heavy atom. The summed E-state index contributed by atoms with van der Waals surface area (Å²) in [6, 6.07) is 16.0. The van der Waals surface area contributed by atoms with Gasteiger partial charge in [-0.05, 0) is 0 Å². The SMILES string of the molecule is CC1=CC[C]([Zn](=[C](C)C)[c]2cccc3c2Cc2ccccc2-3)=C1. The standard InChI is InChI=1S/C13H9.C6H7.C3H6.Zn/c1-3-7-12-10(5-1)9-11-6-2-4-8-13(11)12;1-6-4-2-3-5-6;1-3-2;/h1-5,7-8H,9H2;4-5H,2H2,1H3;1-2H3;. The fourth-order valence-electron chi connectivity index (χ4n) is 4.61. The molecule has 1 heteroatoms. The monoisotopic (exact) mass is 350 g/mol. The van der Waals surface area contributed by atoms with Crippen LogP contribution in [0.1, 0.15) is 38.3 Å². The molecule has 2 aliphatic carbocycles. The van der Waals surface area contributed by atoms with Crippen LogP contribution in [0.3, 0.4) is 0 Å². The quantitative estimate of drug-likeness (QED) is 0.573. The van der Waals surface area contributed by atoms with E-state index in [1.165, 1.54) is 28.7 Å². The zero-order valence-electron chi connectivity index (χ0n) is 14.3. The Morgan fingerprint density at radius 3 is 2.48 bits per heavy atom. The average Bonchev–Trinajstić information content (AvgIpc) is 3.11. The number of allylic oxidation sites excluding steroid dienone is 4. The molecule has 0 aromatic heterocycles. The van der Waals surface area contributed by atoms with E-state index in [4.69, 9.17) is 0 Å². The van der Waals surface area contributed by atoms with Gasteiger partial charge in [-0.3, -0.25) is 0 Å². The minimum absolute atomic E-state index is 1.13. The molecule has 0 bridgehead atoms. The topological polar surface area (TPSA) is 0 Å². The van der Waals surface area contributed by atoms with E-state index in [1.54, 1.807) is 18.0 Å². The van der Waals surface area contributed by atoms with Crippen LogP contribution in [0.15, 0.2) is 64.4 Å². The molecule has 4 rings (SSSR count). The first kappa shape index (κ1) is 15.0. The summed E-state index contributed by atoms with van der Waals surface area (Å²) in [6.07, 6.45) is 7.20. The first-order valence-electron chi connectivity index (χ1n) is 8.72. The summed E-state index contributed by atoms with van der Waals surface area (Å²) in [7, 11) is 0. The van der Waals surface area contributed by atoms with E-state index in [1.807, 2.05) is 0 Å². The molecule has 0 nitrogen and oxygen atoms in total. The number of hydrogen-bond donors (Lipinski definition) is 0. The molecule has 2 aromatic rings. The molecule has 0 aliphatic heterocycles. The molecule has 0 saturated heterocycles. The summed E-state index contributed by atoms with van der Waals surface area (Å²) >= 11 is -2.04. The van der Waals surface area contributed by atoms with Gasteiger partial charge in [0, 0.05) is 0 Å². The van der Waals surface area contributed by atoms with Crippen LogP contribution in [0.2, 0.25) is 0 Å². The summed E-state index contributed by atoms with van der Waals surface area (Å²) in [5, 5.41) is 0. The summed E-state index contributed by atoms with van der Waals surface area (Å²) < 4.78 is 5.17. The van der Waals surface area contributed by atoms with Gasteiger partial charge in [-0.25, -0.2) is 0 Å². The van der Waals surface area contributed by atoms with Crippen molar-refractivity contribution in [2.24, 2.45) is 0 Å². The number of hydrogen-bond acceptors (Lipinski definition) is 0. The normalized spacial score (nSPS) is 14.5. The molecule has 0 atom stereocenters. The second kappa shape index (κ2) is 5.80. The molecule has 0 fully saturated rings. The van der Waals surface area contributed by atoms with Gasteiger partial charge in [-0.15, -0.1) is 0 Å². The minimum atomic E-state index is -2.04. The molecular formula is C22H22Zn. The van der Waals surface area contributed by atoms with E-state index < -0.39 is 15.5 Å². The summed E-state index contributed by atoms with van der Waals surface area (Å²) in [5.74, 6) is 0. The van der Waals surface area contributed by atoms with Crippen LogP contribution < -0.4 is 4.16 Å². The van der Waals surface area contributed by atoms with Gasteiger partial charge in [-0.1, -0.05) is 0 Å². The Balaban J connectivity index is 1.89. The Morgan fingerprint density at radius 2 is 1.74 bits per heavy atom. The average molecular weight is 352 g/mol.